The molecule has 1 aliphatic rings. The molecule has 0 fully saturated rings. The second-order valence-electron chi connectivity index (χ2n) is 5.74. The van der Waals surface area contributed by atoms with Crippen LogP contribution >= 0.6 is 12.4 Å². The lowest BCUT2D eigenvalue weighted by atomic mass is 9.83. The van der Waals surface area contributed by atoms with E-state index >= 15 is 0 Å². The number of benzene rings is 1. The van der Waals surface area contributed by atoms with Gasteiger partial charge in [0.2, 0.25) is 0 Å². The van der Waals surface area contributed by atoms with Gasteiger partial charge in [0.1, 0.15) is 11.5 Å². The Hall–Kier alpha value is -1.36. The van der Waals surface area contributed by atoms with Crippen LogP contribution in [0.5, 0.6) is 0 Å². The SMILES string of the molecule is CN(C)C[C@@H]1CCc2onc(-c3ccccc3)c2[C@H]1O.Cl. The highest BCUT2D eigenvalue weighted by Crippen LogP contribution is 2.40. The topological polar surface area (TPSA) is 49.5 Å². The Morgan fingerprint density at radius 3 is 2.67 bits per heavy atom. The number of hydrogen-bond acceptors (Lipinski definition) is 4. The number of nitrogens with zero attached hydrogens (tertiary/aromatic N) is 2. The average Bonchev–Trinajstić information content (AvgIpc) is 2.87. The fourth-order valence-corrected chi connectivity index (χ4v) is 2.99. The molecule has 1 aliphatic carbocycles. The molecule has 0 saturated heterocycles. The Morgan fingerprint density at radius 1 is 1.29 bits per heavy atom. The normalized spacial score (nSPS) is 21.0. The number of aromatic nitrogens is 1. The van der Waals surface area contributed by atoms with E-state index < -0.39 is 6.10 Å². The van der Waals surface area contributed by atoms with Crippen molar-refractivity contribution in [2.45, 2.75) is 18.9 Å². The summed E-state index contributed by atoms with van der Waals surface area (Å²) in [7, 11) is 4.07. The van der Waals surface area contributed by atoms with E-state index in [0.29, 0.717) is 0 Å². The molecule has 0 radical (unpaired) electrons. The summed E-state index contributed by atoms with van der Waals surface area (Å²) in [5.41, 5.74) is 2.67. The fraction of sp³-hybridized carbons (Fsp3) is 0.438. The van der Waals surface area contributed by atoms with E-state index in [4.69, 9.17) is 4.52 Å². The quantitative estimate of drug-likeness (QED) is 0.947. The van der Waals surface area contributed by atoms with Gasteiger partial charge < -0.3 is 14.5 Å². The molecule has 2 aromatic rings. The second kappa shape index (κ2) is 6.60. The van der Waals surface area contributed by atoms with E-state index in [0.717, 1.165) is 42.0 Å². The minimum atomic E-state index is -0.498. The van der Waals surface area contributed by atoms with Crippen LogP contribution in [0.25, 0.3) is 11.3 Å². The van der Waals surface area contributed by atoms with Crippen molar-refractivity contribution in [2.24, 2.45) is 5.92 Å². The number of rotatable bonds is 3. The molecule has 1 N–H and O–H groups in total. The summed E-state index contributed by atoms with van der Waals surface area (Å²) in [6.07, 6.45) is 1.29. The van der Waals surface area contributed by atoms with E-state index in [2.05, 4.69) is 10.1 Å². The molecule has 4 nitrogen and oxygen atoms in total. The summed E-state index contributed by atoms with van der Waals surface area (Å²) in [5.74, 6) is 1.07. The van der Waals surface area contributed by atoms with Crippen molar-refractivity contribution >= 4 is 12.4 Å². The van der Waals surface area contributed by atoms with Gasteiger partial charge >= 0.3 is 0 Å². The summed E-state index contributed by atoms with van der Waals surface area (Å²) < 4.78 is 5.44. The third kappa shape index (κ3) is 3.12. The lowest BCUT2D eigenvalue weighted by molar-refractivity contribution is 0.0734. The summed E-state index contributed by atoms with van der Waals surface area (Å²) in [5, 5.41) is 14.9. The van der Waals surface area contributed by atoms with Gasteiger partial charge in [0.05, 0.1) is 11.7 Å². The number of halogens is 1. The number of aryl methyl sites for hydroxylation is 1. The van der Waals surface area contributed by atoms with Crippen molar-refractivity contribution in [1.29, 1.82) is 0 Å². The Labute approximate surface area is 131 Å². The summed E-state index contributed by atoms with van der Waals surface area (Å²) in [6.45, 7) is 0.875. The van der Waals surface area contributed by atoms with Crippen LogP contribution in [0.3, 0.4) is 0 Å². The third-order valence-corrected chi connectivity index (χ3v) is 3.93. The molecule has 21 heavy (non-hydrogen) atoms. The smallest absolute Gasteiger partial charge is 0.143 e. The molecule has 3 rings (SSSR count). The van der Waals surface area contributed by atoms with Gasteiger partial charge in [-0.3, -0.25) is 0 Å². The van der Waals surface area contributed by atoms with Gasteiger partial charge in [0.15, 0.2) is 0 Å². The Balaban J connectivity index is 0.00000161. The monoisotopic (exact) mass is 308 g/mol. The van der Waals surface area contributed by atoms with Crippen molar-refractivity contribution in [3.63, 3.8) is 0 Å². The summed E-state index contributed by atoms with van der Waals surface area (Å²) >= 11 is 0. The second-order valence-corrected chi connectivity index (χ2v) is 5.74. The first kappa shape index (κ1) is 16.0. The molecule has 0 aliphatic heterocycles. The lowest BCUT2D eigenvalue weighted by Gasteiger charge is -2.29. The first-order chi connectivity index (χ1) is 9.66. The van der Waals surface area contributed by atoms with Gasteiger partial charge in [-0.2, -0.15) is 0 Å². The van der Waals surface area contributed by atoms with Crippen molar-refractivity contribution in [1.82, 2.24) is 10.1 Å². The summed E-state index contributed by atoms with van der Waals surface area (Å²) in [6, 6.07) is 9.92. The van der Waals surface area contributed by atoms with Crippen LogP contribution in [0, 0.1) is 5.92 Å². The molecule has 5 heteroatoms. The molecule has 0 unspecified atom stereocenters. The highest BCUT2D eigenvalue weighted by Gasteiger charge is 2.34. The minimum absolute atomic E-state index is 0. The van der Waals surface area contributed by atoms with Crippen LogP contribution in [0.15, 0.2) is 34.9 Å². The molecular weight excluding hydrogens is 288 g/mol. The molecule has 1 heterocycles. The zero-order chi connectivity index (χ0) is 14.1. The molecule has 1 aromatic heterocycles. The van der Waals surface area contributed by atoms with E-state index in [1.165, 1.54) is 0 Å². The third-order valence-electron chi connectivity index (χ3n) is 3.93. The Bertz CT molecular complexity index is 583. The number of hydrogen-bond donors (Lipinski definition) is 1. The van der Waals surface area contributed by atoms with Gasteiger partial charge in [-0.25, -0.2) is 0 Å². The number of fused-ring (bicyclic) bond motifs is 1. The zero-order valence-electron chi connectivity index (χ0n) is 12.3. The van der Waals surface area contributed by atoms with E-state index in [1.54, 1.807) is 0 Å². The molecule has 0 spiro atoms. The largest absolute Gasteiger partial charge is 0.388 e. The molecule has 0 amide bonds. The predicted octanol–water partition coefficient (Wildman–Crippen LogP) is 2.92. The van der Waals surface area contributed by atoms with Crippen molar-refractivity contribution in [2.75, 3.05) is 20.6 Å². The van der Waals surface area contributed by atoms with Gasteiger partial charge in [-0.15, -0.1) is 12.4 Å². The van der Waals surface area contributed by atoms with E-state index in [-0.39, 0.29) is 18.3 Å². The first-order valence-corrected chi connectivity index (χ1v) is 7.03. The van der Waals surface area contributed by atoms with Gasteiger partial charge in [0, 0.05) is 24.4 Å². The molecule has 0 saturated carbocycles. The Morgan fingerprint density at radius 2 is 2.00 bits per heavy atom. The lowest BCUT2D eigenvalue weighted by Crippen LogP contribution is -2.30. The minimum Gasteiger partial charge on any atom is -0.388 e. The number of aliphatic hydroxyl groups excluding tert-OH is 1. The highest BCUT2D eigenvalue weighted by atomic mass is 35.5. The van der Waals surface area contributed by atoms with Crippen LogP contribution in [0.1, 0.15) is 23.8 Å². The zero-order valence-corrected chi connectivity index (χ0v) is 13.1. The standard InChI is InChI=1S/C16H20N2O2.ClH/c1-18(2)10-12-8-9-13-14(16(12)19)15(17-20-13)11-6-4-3-5-7-11;/h3-7,12,16,19H,8-10H2,1-2H3;1H/t12-,16-;/m0./s1. The van der Waals surface area contributed by atoms with E-state index in [9.17, 15) is 5.11 Å². The number of aliphatic hydroxyl groups is 1. The van der Waals surface area contributed by atoms with Gasteiger partial charge in [-0.1, -0.05) is 35.5 Å². The average molecular weight is 309 g/mol. The maximum absolute atomic E-state index is 10.7. The van der Waals surface area contributed by atoms with Crippen molar-refractivity contribution in [3.8, 4) is 11.3 Å². The fourth-order valence-electron chi connectivity index (χ4n) is 2.99. The molecule has 114 valence electrons. The van der Waals surface area contributed by atoms with Crippen molar-refractivity contribution in [3.05, 3.63) is 41.7 Å². The highest BCUT2D eigenvalue weighted by molar-refractivity contribution is 5.85. The van der Waals surface area contributed by atoms with Gasteiger partial charge in [0.25, 0.3) is 0 Å². The van der Waals surface area contributed by atoms with Crippen LogP contribution in [0.2, 0.25) is 0 Å². The predicted molar refractivity (Wildman–Crippen MR) is 84.5 cm³/mol. The maximum atomic E-state index is 10.7. The van der Waals surface area contributed by atoms with Gasteiger partial charge in [-0.05, 0) is 20.5 Å². The molecule has 1 aromatic carbocycles. The molecular formula is C16H21ClN2O2. The van der Waals surface area contributed by atoms with Crippen LogP contribution < -0.4 is 0 Å². The maximum Gasteiger partial charge on any atom is 0.143 e. The molecule has 2 atom stereocenters. The van der Waals surface area contributed by atoms with Crippen LogP contribution in [-0.2, 0) is 6.42 Å². The Kier molecular flexibility index (Phi) is 5.04. The first-order valence-electron chi connectivity index (χ1n) is 7.03. The van der Waals surface area contributed by atoms with Crippen LogP contribution in [0.4, 0.5) is 0 Å². The molecule has 0 bridgehead atoms. The summed E-state index contributed by atoms with van der Waals surface area (Å²) in [4.78, 5) is 2.12. The van der Waals surface area contributed by atoms with Crippen molar-refractivity contribution < 1.29 is 9.63 Å². The van der Waals surface area contributed by atoms with E-state index in [1.807, 2.05) is 44.4 Å². The van der Waals surface area contributed by atoms with Crippen LogP contribution in [-0.4, -0.2) is 35.8 Å².